The van der Waals surface area contributed by atoms with Crippen LogP contribution in [0.25, 0.3) is 122 Å². The standard InChI is InChI=1S/C57H35N5O/c1-4-16-36(17-5-1)55-58-56(37-18-6-2-7-19-37)60-57(59-55)48-35-52-46(42-23-11-13-25-49(42)61(52)39-20-8-3-9-21-39)34-44(48)38-28-30-51-45(32-38)41-22-10-14-26-50(41)62(51)40-29-31-54-47(33-40)43-24-12-15-27-53(43)63-54/h1-35H. The van der Waals surface area contributed by atoms with Gasteiger partial charge in [-0.2, -0.15) is 0 Å². The van der Waals surface area contributed by atoms with E-state index >= 15 is 0 Å². The molecule has 0 atom stereocenters. The van der Waals surface area contributed by atoms with Crippen LogP contribution in [-0.2, 0) is 0 Å². The van der Waals surface area contributed by atoms with Gasteiger partial charge in [0, 0.05) is 60.4 Å². The van der Waals surface area contributed by atoms with Crippen LogP contribution in [0.4, 0.5) is 0 Å². The van der Waals surface area contributed by atoms with Crippen LogP contribution in [0, 0.1) is 0 Å². The Hall–Kier alpha value is -8.61. The van der Waals surface area contributed by atoms with Gasteiger partial charge in [0.1, 0.15) is 11.2 Å². The first kappa shape index (κ1) is 35.2. The lowest BCUT2D eigenvalue weighted by molar-refractivity contribution is 0.669. The SMILES string of the molecule is c1ccc(-c2nc(-c3ccccc3)nc(-c3cc4c(cc3-c3ccc5c(c3)c3ccccc3n5-c3ccc5oc6ccccc6c5c3)c3ccccc3n4-c3ccccc3)n2)cc1. The summed E-state index contributed by atoms with van der Waals surface area (Å²) < 4.78 is 11.0. The van der Waals surface area contributed by atoms with Crippen LogP contribution in [0.2, 0.25) is 0 Å². The second kappa shape index (κ2) is 14.0. The molecule has 0 fully saturated rings. The summed E-state index contributed by atoms with van der Waals surface area (Å²) in [4.78, 5) is 15.7. The van der Waals surface area contributed by atoms with Gasteiger partial charge in [0.15, 0.2) is 17.5 Å². The van der Waals surface area contributed by atoms with E-state index in [9.17, 15) is 0 Å². The number of rotatable bonds is 6. The predicted molar refractivity (Wildman–Crippen MR) is 258 cm³/mol. The topological polar surface area (TPSA) is 61.7 Å². The Morgan fingerprint density at radius 2 is 0.810 bits per heavy atom. The van der Waals surface area contributed by atoms with Crippen LogP contribution < -0.4 is 0 Å². The van der Waals surface area contributed by atoms with Crippen LogP contribution in [0.1, 0.15) is 0 Å². The number of aromatic nitrogens is 5. The third kappa shape index (κ3) is 5.62. The van der Waals surface area contributed by atoms with Crippen LogP contribution in [0.5, 0.6) is 0 Å². The summed E-state index contributed by atoms with van der Waals surface area (Å²) in [5.74, 6) is 1.85. The van der Waals surface area contributed by atoms with E-state index in [1.807, 2.05) is 48.5 Å². The van der Waals surface area contributed by atoms with Gasteiger partial charge in [-0.1, -0.05) is 140 Å². The minimum absolute atomic E-state index is 0.604. The van der Waals surface area contributed by atoms with Crippen molar-refractivity contribution in [3.05, 3.63) is 212 Å². The first-order valence-corrected chi connectivity index (χ1v) is 21.2. The van der Waals surface area contributed by atoms with Gasteiger partial charge in [0.2, 0.25) is 0 Å². The van der Waals surface area contributed by atoms with E-state index in [1.54, 1.807) is 0 Å². The molecule has 4 aromatic heterocycles. The van der Waals surface area contributed by atoms with E-state index in [4.69, 9.17) is 19.4 Å². The Kier molecular flexibility index (Phi) is 7.80. The number of hydrogen-bond acceptors (Lipinski definition) is 4. The largest absolute Gasteiger partial charge is 0.456 e. The van der Waals surface area contributed by atoms with E-state index in [-0.39, 0.29) is 0 Å². The third-order valence-corrected chi connectivity index (χ3v) is 12.4. The number of hydrogen-bond donors (Lipinski definition) is 0. The van der Waals surface area contributed by atoms with E-state index in [0.717, 1.165) is 94.0 Å². The monoisotopic (exact) mass is 805 g/mol. The zero-order valence-corrected chi connectivity index (χ0v) is 33.9. The molecule has 0 bridgehead atoms. The van der Waals surface area contributed by atoms with Gasteiger partial charge in [0.25, 0.3) is 0 Å². The van der Waals surface area contributed by atoms with Crippen molar-refractivity contribution >= 4 is 65.6 Å². The van der Waals surface area contributed by atoms with Crippen molar-refractivity contribution in [2.45, 2.75) is 0 Å². The lowest BCUT2D eigenvalue weighted by Gasteiger charge is -2.15. The molecule has 0 radical (unpaired) electrons. The predicted octanol–water partition coefficient (Wildman–Crippen LogP) is 14.6. The Balaban J connectivity index is 1.10. The van der Waals surface area contributed by atoms with Crippen molar-refractivity contribution in [2.75, 3.05) is 0 Å². The van der Waals surface area contributed by atoms with Gasteiger partial charge in [-0.25, -0.2) is 15.0 Å². The molecular formula is C57H35N5O. The van der Waals surface area contributed by atoms with Crippen molar-refractivity contribution in [1.29, 1.82) is 0 Å². The fraction of sp³-hybridized carbons (Fsp3) is 0. The maximum Gasteiger partial charge on any atom is 0.164 e. The normalized spacial score (nSPS) is 11.8. The second-order valence-electron chi connectivity index (χ2n) is 16.0. The second-order valence-corrected chi connectivity index (χ2v) is 16.0. The Bertz CT molecular complexity index is 3850. The summed E-state index contributed by atoms with van der Waals surface area (Å²) in [5.41, 5.74) is 13.3. The summed E-state index contributed by atoms with van der Waals surface area (Å²) >= 11 is 0. The molecule has 294 valence electrons. The van der Waals surface area contributed by atoms with Crippen LogP contribution in [0.3, 0.4) is 0 Å². The Morgan fingerprint density at radius 3 is 1.49 bits per heavy atom. The van der Waals surface area contributed by atoms with Crippen molar-refractivity contribution < 1.29 is 4.42 Å². The van der Waals surface area contributed by atoms with Crippen molar-refractivity contribution in [3.8, 4) is 56.7 Å². The minimum atomic E-state index is 0.604. The van der Waals surface area contributed by atoms with Gasteiger partial charge < -0.3 is 13.6 Å². The van der Waals surface area contributed by atoms with Crippen LogP contribution in [0.15, 0.2) is 217 Å². The van der Waals surface area contributed by atoms with Crippen molar-refractivity contribution in [3.63, 3.8) is 0 Å². The molecule has 0 N–H and O–H groups in total. The highest BCUT2D eigenvalue weighted by atomic mass is 16.3. The quantitative estimate of drug-likeness (QED) is 0.168. The highest BCUT2D eigenvalue weighted by molar-refractivity contribution is 6.15. The summed E-state index contributed by atoms with van der Waals surface area (Å²) in [7, 11) is 0. The van der Waals surface area contributed by atoms with Gasteiger partial charge in [-0.05, 0) is 83.9 Å². The zero-order chi connectivity index (χ0) is 41.4. The Morgan fingerprint density at radius 1 is 0.286 bits per heavy atom. The third-order valence-electron chi connectivity index (χ3n) is 12.4. The molecule has 63 heavy (non-hydrogen) atoms. The van der Waals surface area contributed by atoms with Crippen LogP contribution >= 0.6 is 0 Å². The van der Waals surface area contributed by atoms with Gasteiger partial charge in [-0.15, -0.1) is 0 Å². The highest BCUT2D eigenvalue weighted by Gasteiger charge is 2.22. The molecule has 0 saturated carbocycles. The molecule has 0 amide bonds. The smallest absolute Gasteiger partial charge is 0.164 e. The molecule has 6 nitrogen and oxygen atoms in total. The molecule has 0 spiro atoms. The van der Waals surface area contributed by atoms with Crippen molar-refractivity contribution in [1.82, 2.24) is 24.1 Å². The summed E-state index contributed by atoms with van der Waals surface area (Å²) in [6.07, 6.45) is 0. The molecule has 0 saturated heterocycles. The molecule has 9 aromatic carbocycles. The maximum absolute atomic E-state index is 6.24. The number of fused-ring (bicyclic) bond motifs is 9. The average Bonchev–Trinajstić information content (AvgIpc) is 4.01. The number of benzene rings is 9. The van der Waals surface area contributed by atoms with E-state index in [2.05, 4.69) is 173 Å². The molecule has 13 aromatic rings. The molecular weight excluding hydrogens is 771 g/mol. The fourth-order valence-corrected chi connectivity index (χ4v) is 9.50. The van der Waals surface area contributed by atoms with E-state index in [0.29, 0.717) is 17.5 Å². The highest BCUT2D eigenvalue weighted by Crippen LogP contribution is 2.43. The molecule has 0 aliphatic rings. The summed E-state index contributed by atoms with van der Waals surface area (Å²) in [6, 6.07) is 74.6. The van der Waals surface area contributed by atoms with E-state index in [1.165, 1.54) is 10.8 Å². The number of nitrogens with zero attached hydrogens (tertiary/aromatic N) is 5. The molecule has 6 heteroatoms. The number of furan rings is 1. The van der Waals surface area contributed by atoms with Gasteiger partial charge in [-0.3, -0.25) is 0 Å². The van der Waals surface area contributed by atoms with Crippen LogP contribution in [-0.4, -0.2) is 24.1 Å². The molecule has 0 unspecified atom stereocenters. The Labute approximate surface area is 361 Å². The molecule has 13 rings (SSSR count). The minimum Gasteiger partial charge on any atom is -0.456 e. The first-order chi connectivity index (χ1) is 31.2. The summed E-state index contributed by atoms with van der Waals surface area (Å²) in [6.45, 7) is 0. The van der Waals surface area contributed by atoms with Crippen molar-refractivity contribution in [2.24, 2.45) is 0 Å². The fourth-order valence-electron chi connectivity index (χ4n) is 9.50. The molecule has 4 heterocycles. The van der Waals surface area contributed by atoms with Gasteiger partial charge >= 0.3 is 0 Å². The lowest BCUT2D eigenvalue weighted by Crippen LogP contribution is -2.02. The van der Waals surface area contributed by atoms with Gasteiger partial charge in [0.05, 0.1) is 22.1 Å². The molecule has 0 aliphatic carbocycles. The maximum atomic E-state index is 6.24. The lowest BCUT2D eigenvalue weighted by atomic mass is 9.95. The number of para-hydroxylation sites is 4. The first-order valence-electron chi connectivity index (χ1n) is 21.2. The zero-order valence-electron chi connectivity index (χ0n) is 33.9. The average molecular weight is 806 g/mol. The molecule has 0 aliphatic heterocycles. The summed E-state index contributed by atoms with van der Waals surface area (Å²) in [5, 5.41) is 6.86. The van der Waals surface area contributed by atoms with E-state index < -0.39 is 0 Å².